The Morgan fingerprint density at radius 1 is 0.574 bits per heavy atom. The van der Waals surface area contributed by atoms with Crippen LogP contribution in [0.2, 0.25) is 0 Å². The minimum Gasteiger partial charge on any atom is -0.387 e. The van der Waals surface area contributed by atoms with E-state index in [4.69, 9.17) is 0 Å². The first-order valence-electron chi connectivity index (χ1n) is 20.0. The van der Waals surface area contributed by atoms with Crippen LogP contribution in [0.5, 0.6) is 0 Å². The van der Waals surface area contributed by atoms with Gasteiger partial charge in [-0.3, -0.25) is 9.35 Å². The Kier molecular flexibility index (Phi) is 32.8. The van der Waals surface area contributed by atoms with Crippen molar-refractivity contribution in [2.45, 2.75) is 225 Å². The second-order valence-corrected chi connectivity index (χ2v) is 15.6. The predicted molar refractivity (Wildman–Crippen MR) is 199 cm³/mol. The summed E-state index contributed by atoms with van der Waals surface area (Å²) in [5, 5.41) is 23.3. The number of carbonyl (C=O) groups is 1. The van der Waals surface area contributed by atoms with E-state index in [0.717, 1.165) is 38.5 Å². The van der Waals surface area contributed by atoms with Crippen molar-refractivity contribution in [2.75, 3.05) is 5.75 Å². The Balaban J connectivity index is 4.04. The second-order valence-electron chi connectivity index (χ2n) is 14.1. The molecule has 4 N–H and O–H groups in total. The van der Waals surface area contributed by atoms with E-state index >= 15 is 0 Å². The summed E-state index contributed by atoms with van der Waals surface area (Å²) in [7, 11) is -4.43. The summed E-state index contributed by atoms with van der Waals surface area (Å²) in [6, 6.07) is -1.23. The van der Waals surface area contributed by atoms with E-state index < -0.39 is 40.0 Å². The Morgan fingerprint density at radius 3 is 1.28 bits per heavy atom. The molecule has 47 heavy (non-hydrogen) atoms. The zero-order valence-electron chi connectivity index (χ0n) is 30.8. The maximum Gasteiger partial charge on any atom is 0.267 e. The van der Waals surface area contributed by atoms with Gasteiger partial charge in [-0.25, -0.2) is 0 Å². The highest BCUT2D eigenvalue weighted by atomic mass is 32.2. The van der Waals surface area contributed by atoms with Crippen molar-refractivity contribution >= 4 is 16.0 Å². The second kappa shape index (κ2) is 33.5. The number of amides is 1. The fourth-order valence-electron chi connectivity index (χ4n) is 6.22. The zero-order valence-corrected chi connectivity index (χ0v) is 31.6. The van der Waals surface area contributed by atoms with Crippen molar-refractivity contribution in [2.24, 2.45) is 0 Å². The van der Waals surface area contributed by atoms with Crippen LogP contribution in [0, 0.1) is 0 Å². The molecule has 0 aromatic rings. The number of hydrogen-bond acceptors (Lipinski definition) is 5. The average Bonchev–Trinajstić information content (AvgIpc) is 3.03. The molecular weight excluding hydrogens is 610 g/mol. The minimum atomic E-state index is -4.43. The van der Waals surface area contributed by atoms with Gasteiger partial charge in [0, 0.05) is 0 Å². The SMILES string of the molecule is CCCCCCCCCCCCCCCCC/C=C/C(O)C(CS(=O)(=O)O)NC(=O)C(O)CCCCCCCCCCCCCCC. The highest BCUT2D eigenvalue weighted by Crippen LogP contribution is 2.15. The lowest BCUT2D eigenvalue weighted by atomic mass is 10.0. The van der Waals surface area contributed by atoms with Gasteiger partial charge in [0.1, 0.15) is 6.10 Å². The molecule has 0 radical (unpaired) electrons. The van der Waals surface area contributed by atoms with Crippen LogP contribution in [0.1, 0.15) is 206 Å². The summed E-state index contributed by atoms with van der Waals surface area (Å²) < 4.78 is 32.5. The van der Waals surface area contributed by atoms with Gasteiger partial charge in [0.2, 0.25) is 5.91 Å². The van der Waals surface area contributed by atoms with E-state index in [1.54, 1.807) is 6.08 Å². The molecule has 0 spiro atoms. The lowest BCUT2D eigenvalue weighted by Crippen LogP contribution is -2.50. The fourth-order valence-corrected chi connectivity index (χ4v) is 6.96. The summed E-state index contributed by atoms with van der Waals surface area (Å²) in [4.78, 5) is 12.6. The summed E-state index contributed by atoms with van der Waals surface area (Å²) >= 11 is 0. The molecule has 0 bridgehead atoms. The average molecular weight is 688 g/mol. The van der Waals surface area contributed by atoms with Crippen LogP contribution in [-0.2, 0) is 14.9 Å². The third kappa shape index (κ3) is 33.3. The number of unbranched alkanes of at least 4 members (excludes halogenated alkanes) is 27. The van der Waals surface area contributed by atoms with Gasteiger partial charge in [-0.2, -0.15) is 8.42 Å². The standard InChI is InChI=1S/C39H77NO6S/c1-3-5-7-9-11-13-15-17-18-19-20-22-23-25-27-29-31-33-37(41)36(35-47(44,45)46)40-39(43)38(42)34-32-30-28-26-24-21-16-14-12-10-8-6-4-2/h31,33,36-38,41-42H,3-30,32,34-35H2,1-2H3,(H,40,43)(H,44,45,46)/b33-31+. The van der Waals surface area contributed by atoms with E-state index in [-0.39, 0.29) is 6.42 Å². The summed E-state index contributed by atoms with van der Waals surface area (Å²) in [6.45, 7) is 4.50. The third-order valence-electron chi connectivity index (χ3n) is 9.32. The van der Waals surface area contributed by atoms with Gasteiger partial charge in [0.15, 0.2) is 0 Å². The van der Waals surface area contributed by atoms with Gasteiger partial charge in [-0.15, -0.1) is 0 Å². The van der Waals surface area contributed by atoms with Crippen LogP contribution in [0.4, 0.5) is 0 Å². The van der Waals surface area contributed by atoms with Crippen LogP contribution in [0.25, 0.3) is 0 Å². The van der Waals surface area contributed by atoms with E-state index in [0.29, 0.717) is 6.42 Å². The molecule has 0 aliphatic carbocycles. The zero-order chi connectivity index (χ0) is 34.9. The number of hydrogen-bond donors (Lipinski definition) is 4. The predicted octanol–water partition coefficient (Wildman–Crippen LogP) is 10.4. The minimum absolute atomic E-state index is 0.285. The number of rotatable bonds is 36. The number of aliphatic hydroxyl groups is 2. The number of carbonyl (C=O) groups excluding carboxylic acids is 1. The molecule has 0 saturated heterocycles. The van der Waals surface area contributed by atoms with Crippen LogP contribution in [0.3, 0.4) is 0 Å². The van der Waals surface area contributed by atoms with Crippen LogP contribution >= 0.6 is 0 Å². The van der Waals surface area contributed by atoms with Crippen LogP contribution in [-0.4, -0.2) is 53.1 Å². The van der Waals surface area contributed by atoms with Gasteiger partial charge in [0.05, 0.1) is 17.9 Å². The molecular formula is C39H77NO6S. The molecule has 280 valence electrons. The molecule has 0 saturated carbocycles. The number of aliphatic hydroxyl groups excluding tert-OH is 2. The molecule has 1 amide bonds. The fraction of sp³-hybridized carbons (Fsp3) is 0.923. The summed E-state index contributed by atoms with van der Waals surface area (Å²) in [6.07, 6.45) is 36.9. The molecule has 0 fully saturated rings. The van der Waals surface area contributed by atoms with Gasteiger partial charge in [-0.1, -0.05) is 199 Å². The Bertz CT molecular complexity index is 818. The van der Waals surface area contributed by atoms with Gasteiger partial charge >= 0.3 is 0 Å². The quantitative estimate of drug-likeness (QED) is 0.0295. The van der Waals surface area contributed by atoms with E-state index in [2.05, 4.69) is 19.2 Å². The summed E-state index contributed by atoms with van der Waals surface area (Å²) in [5.74, 6) is -1.53. The first-order chi connectivity index (χ1) is 22.7. The van der Waals surface area contributed by atoms with Gasteiger partial charge in [-0.05, 0) is 19.3 Å². The van der Waals surface area contributed by atoms with Crippen molar-refractivity contribution in [3.8, 4) is 0 Å². The largest absolute Gasteiger partial charge is 0.387 e. The molecule has 0 rings (SSSR count). The topological polar surface area (TPSA) is 124 Å². The highest BCUT2D eigenvalue weighted by molar-refractivity contribution is 7.85. The molecule has 8 heteroatoms. The number of nitrogens with one attached hydrogen (secondary N) is 1. The molecule has 0 aromatic heterocycles. The van der Waals surface area contributed by atoms with Gasteiger partial charge < -0.3 is 15.5 Å². The van der Waals surface area contributed by atoms with Crippen molar-refractivity contribution < 1.29 is 28.0 Å². The van der Waals surface area contributed by atoms with Crippen molar-refractivity contribution in [1.82, 2.24) is 5.32 Å². The third-order valence-corrected chi connectivity index (χ3v) is 10.1. The van der Waals surface area contributed by atoms with Gasteiger partial charge in [0.25, 0.3) is 10.1 Å². The van der Waals surface area contributed by atoms with E-state index in [9.17, 15) is 28.0 Å². The summed E-state index contributed by atoms with van der Waals surface area (Å²) in [5.41, 5.74) is 0. The Hall–Kier alpha value is -0.960. The van der Waals surface area contributed by atoms with Crippen molar-refractivity contribution in [3.63, 3.8) is 0 Å². The lowest BCUT2D eigenvalue weighted by molar-refractivity contribution is -0.130. The molecule has 0 heterocycles. The van der Waals surface area contributed by atoms with Crippen LogP contribution < -0.4 is 5.32 Å². The highest BCUT2D eigenvalue weighted by Gasteiger charge is 2.27. The molecule has 0 aromatic carbocycles. The molecule has 0 aliphatic heterocycles. The maximum absolute atomic E-state index is 12.6. The number of allylic oxidation sites excluding steroid dienone is 1. The Morgan fingerprint density at radius 2 is 0.915 bits per heavy atom. The normalized spacial score (nSPS) is 14.1. The first-order valence-corrected chi connectivity index (χ1v) is 21.6. The monoisotopic (exact) mass is 688 g/mol. The Labute approximate surface area is 291 Å². The maximum atomic E-state index is 12.6. The van der Waals surface area contributed by atoms with Crippen molar-refractivity contribution in [3.05, 3.63) is 12.2 Å². The molecule has 0 aliphatic rings. The van der Waals surface area contributed by atoms with E-state index in [1.165, 1.54) is 147 Å². The molecule has 3 atom stereocenters. The van der Waals surface area contributed by atoms with Crippen molar-refractivity contribution in [1.29, 1.82) is 0 Å². The molecule has 3 unspecified atom stereocenters. The smallest absolute Gasteiger partial charge is 0.267 e. The van der Waals surface area contributed by atoms with E-state index in [1.807, 2.05) is 0 Å². The van der Waals surface area contributed by atoms with Crippen LogP contribution in [0.15, 0.2) is 12.2 Å². The molecule has 7 nitrogen and oxygen atoms in total. The first kappa shape index (κ1) is 46.0. The lowest BCUT2D eigenvalue weighted by Gasteiger charge is -2.22.